The number of aryl methyl sites for hydroxylation is 1. The number of nitrogens with zero attached hydrogens (tertiary/aromatic N) is 3. The molecule has 0 spiro atoms. The topological polar surface area (TPSA) is 104 Å². The lowest BCUT2D eigenvalue weighted by Gasteiger charge is -2.11. The number of anilines is 1. The van der Waals surface area contributed by atoms with Crippen molar-refractivity contribution >= 4 is 41.7 Å². The van der Waals surface area contributed by atoms with Gasteiger partial charge < -0.3 is 20.5 Å². The predicted molar refractivity (Wildman–Crippen MR) is 130 cm³/mol. The van der Waals surface area contributed by atoms with Crippen molar-refractivity contribution in [1.82, 2.24) is 20.8 Å². The molecule has 2 heterocycles. The number of halogens is 1. The molecule has 9 heteroatoms. The molecule has 0 atom stereocenters. The summed E-state index contributed by atoms with van der Waals surface area (Å²) in [5.41, 5.74) is 2.04. The Morgan fingerprint density at radius 2 is 1.97 bits per heavy atom. The molecule has 3 N–H and O–H groups in total. The van der Waals surface area contributed by atoms with Gasteiger partial charge in [-0.25, -0.2) is 9.98 Å². The van der Waals surface area contributed by atoms with Crippen LogP contribution in [0.4, 0.5) is 5.82 Å². The Morgan fingerprint density at radius 1 is 1.20 bits per heavy atom. The molecule has 0 radical (unpaired) electrons. The van der Waals surface area contributed by atoms with Crippen molar-refractivity contribution in [3.63, 3.8) is 0 Å². The summed E-state index contributed by atoms with van der Waals surface area (Å²) in [7, 11) is 0. The molecule has 2 aromatic rings. The molecule has 2 rings (SSSR count). The van der Waals surface area contributed by atoms with Gasteiger partial charge in [0.1, 0.15) is 12.4 Å². The number of pyridine rings is 1. The first kappa shape index (κ1) is 25.9. The minimum Gasteiger partial charge on any atom is -0.359 e. The number of aromatic nitrogens is 2. The Hall–Kier alpha value is -2.17. The molecule has 0 aliphatic heterocycles. The van der Waals surface area contributed by atoms with Crippen LogP contribution in [-0.4, -0.2) is 35.1 Å². The summed E-state index contributed by atoms with van der Waals surface area (Å²) in [5, 5.41) is 13.3. The number of nitrogens with one attached hydrogen (secondary N) is 3. The quantitative estimate of drug-likeness (QED) is 0.245. The number of amides is 1. The summed E-state index contributed by atoms with van der Waals surface area (Å²) in [4.78, 5) is 20.8. The number of carbonyl (C=O) groups excluding carboxylic acids is 1. The van der Waals surface area contributed by atoms with E-state index >= 15 is 0 Å². The number of aliphatic imine (C=N–C) groups is 1. The number of rotatable bonds is 10. The predicted octanol–water partition coefficient (Wildman–Crippen LogP) is 3.98. The van der Waals surface area contributed by atoms with Gasteiger partial charge in [0, 0.05) is 37.7 Å². The molecule has 0 aliphatic rings. The van der Waals surface area contributed by atoms with E-state index in [9.17, 15) is 4.79 Å². The highest BCUT2D eigenvalue weighted by Gasteiger charge is 2.13. The first-order valence-corrected chi connectivity index (χ1v) is 10.3. The summed E-state index contributed by atoms with van der Waals surface area (Å²) < 4.78 is 5.41. The van der Waals surface area contributed by atoms with E-state index in [1.165, 1.54) is 0 Å². The Kier molecular flexibility index (Phi) is 12.0. The maximum Gasteiger partial charge on any atom is 0.227 e. The van der Waals surface area contributed by atoms with Crippen molar-refractivity contribution in [1.29, 1.82) is 0 Å². The number of hydrogen-bond donors (Lipinski definition) is 3. The molecule has 0 unspecified atom stereocenters. The fourth-order valence-electron chi connectivity index (χ4n) is 2.84. The van der Waals surface area contributed by atoms with Crippen molar-refractivity contribution in [2.75, 3.05) is 18.4 Å². The van der Waals surface area contributed by atoms with E-state index in [0.29, 0.717) is 37.2 Å². The van der Waals surface area contributed by atoms with Crippen LogP contribution in [0.2, 0.25) is 0 Å². The summed E-state index contributed by atoms with van der Waals surface area (Å²) in [6.07, 6.45) is 4.11. The lowest BCUT2D eigenvalue weighted by molar-refractivity contribution is -0.116. The molecule has 0 aromatic carbocycles. The Morgan fingerprint density at radius 3 is 2.60 bits per heavy atom. The first-order chi connectivity index (χ1) is 14.0. The highest BCUT2D eigenvalue weighted by atomic mass is 127. The van der Waals surface area contributed by atoms with Crippen LogP contribution in [0.15, 0.2) is 33.9 Å². The molecular formula is C21H33IN6O2. The Bertz CT molecular complexity index is 787. The Labute approximate surface area is 195 Å². The van der Waals surface area contributed by atoms with Gasteiger partial charge in [-0.3, -0.25) is 4.79 Å². The standard InChI is InChI=1S/C21H32N6O2.HI/c1-5-16(6-2)18-12-17(29-27-18)14-25-21(22-7-3)23-11-10-20(28)26-19-9-8-15(4)13-24-19;/h8-9,12-13,16H,5-7,10-11,14H2,1-4H3,(H2,22,23,25)(H,24,26,28);1H. The smallest absolute Gasteiger partial charge is 0.227 e. The molecular weight excluding hydrogens is 495 g/mol. The second-order valence-electron chi connectivity index (χ2n) is 6.87. The lowest BCUT2D eigenvalue weighted by atomic mass is 9.99. The van der Waals surface area contributed by atoms with E-state index in [0.717, 1.165) is 36.4 Å². The Balaban J connectivity index is 0.00000450. The minimum atomic E-state index is -0.102. The van der Waals surface area contributed by atoms with E-state index in [1.807, 2.05) is 26.0 Å². The second kappa shape index (κ2) is 13.9. The molecule has 2 aromatic heterocycles. The summed E-state index contributed by atoms with van der Waals surface area (Å²) in [5.74, 6) is 2.24. The maximum atomic E-state index is 12.1. The monoisotopic (exact) mass is 528 g/mol. The average Bonchev–Trinajstić information content (AvgIpc) is 3.17. The molecule has 8 nitrogen and oxygen atoms in total. The van der Waals surface area contributed by atoms with Gasteiger partial charge >= 0.3 is 0 Å². The normalized spacial score (nSPS) is 11.2. The van der Waals surface area contributed by atoms with Crippen LogP contribution in [-0.2, 0) is 11.3 Å². The molecule has 0 saturated carbocycles. The highest BCUT2D eigenvalue weighted by Crippen LogP contribution is 2.22. The third kappa shape index (κ3) is 8.68. The maximum absolute atomic E-state index is 12.1. The van der Waals surface area contributed by atoms with Gasteiger partial charge in [-0.2, -0.15) is 0 Å². The zero-order valence-corrected chi connectivity index (χ0v) is 20.5. The molecule has 0 bridgehead atoms. The van der Waals surface area contributed by atoms with Gasteiger partial charge in [-0.05, 0) is 38.3 Å². The molecule has 166 valence electrons. The van der Waals surface area contributed by atoms with Crippen molar-refractivity contribution in [3.05, 3.63) is 41.4 Å². The summed E-state index contributed by atoms with van der Waals surface area (Å²) in [6, 6.07) is 5.68. The minimum absolute atomic E-state index is 0. The van der Waals surface area contributed by atoms with Gasteiger partial charge in [-0.15, -0.1) is 24.0 Å². The van der Waals surface area contributed by atoms with Crippen LogP contribution >= 0.6 is 24.0 Å². The third-order valence-electron chi connectivity index (χ3n) is 4.54. The van der Waals surface area contributed by atoms with Crippen molar-refractivity contribution in [2.45, 2.75) is 59.4 Å². The molecule has 30 heavy (non-hydrogen) atoms. The fourth-order valence-corrected chi connectivity index (χ4v) is 2.84. The lowest BCUT2D eigenvalue weighted by Crippen LogP contribution is -2.38. The van der Waals surface area contributed by atoms with Crippen LogP contribution in [0, 0.1) is 6.92 Å². The van der Waals surface area contributed by atoms with E-state index in [-0.39, 0.29) is 29.9 Å². The molecule has 0 saturated heterocycles. The fraction of sp³-hybridized carbons (Fsp3) is 0.524. The molecule has 0 aliphatic carbocycles. The number of carbonyl (C=O) groups is 1. The zero-order chi connectivity index (χ0) is 21.1. The van der Waals surface area contributed by atoms with Gasteiger partial charge in [0.05, 0.1) is 5.69 Å². The average molecular weight is 528 g/mol. The van der Waals surface area contributed by atoms with Gasteiger partial charge in [-0.1, -0.05) is 25.1 Å². The van der Waals surface area contributed by atoms with E-state index in [4.69, 9.17) is 4.52 Å². The van der Waals surface area contributed by atoms with Crippen molar-refractivity contribution in [3.8, 4) is 0 Å². The largest absolute Gasteiger partial charge is 0.359 e. The van der Waals surface area contributed by atoms with E-state index in [1.54, 1.807) is 12.3 Å². The van der Waals surface area contributed by atoms with Crippen LogP contribution in [0.3, 0.4) is 0 Å². The molecule has 0 fully saturated rings. The van der Waals surface area contributed by atoms with Crippen LogP contribution in [0.5, 0.6) is 0 Å². The number of hydrogen-bond acceptors (Lipinski definition) is 5. The van der Waals surface area contributed by atoms with Crippen LogP contribution in [0.1, 0.15) is 63.0 Å². The molecule has 1 amide bonds. The summed E-state index contributed by atoms with van der Waals surface area (Å²) in [6.45, 7) is 9.82. The summed E-state index contributed by atoms with van der Waals surface area (Å²) >= 11 is 0. The number of guanidine groups is 1. The van der Waals surface area contributed by atoms with Gasteiger partial charge in [0.25, 0.3) is 0 Å². The van der Waals surface area contributed by atoms with Crippen LogP contribution < -0.4 is 16.0 Å². The van der Waals surface area contributed by atoms with Gasteiger partial charge in [0.15, 0.2) is 11.7 Å². The van der Waals surface area contributed by atoms with Crippen molar-refractivity contribution < 1.29 is 9.32 Å². The first-order valence-electron chi connectivity index (χ1n) is 10.3. The van der Waals surface area contributed by atoms with Crippen LogP contribution in [0.25, 0.3) is 0 Å². The SMILES string of the molecule is CCNC(=NCc1cc(C(CC)CC)no1)NCCC(=O)Nc1ccc(C)cn1.I. The van der Waals surface area contributed by atoms with E-state index < -0.39 is 0 Å². The highest BCUT2D eigenvalue weighted by molar-refractivity contribution is 14.0. The van der Waals surface area contributed by atoms with Crippen molar-refractivity contribution in [2.24, 2.45) is 4.99 Å². The second-order valence-corrected chi connectivity index (χ2v) is 6.87. The van der Waals surface area contributed by atoms with Gasteiger partial charge in [0.2, 0.25) is 5.91 Å². The zero-order valence-electron chi connectivity index (χ0n) is 18.2. The third-order valence-corrected chi connectivity index (χ3v) is 4.54. The van der Waals surface area contributed by atoms with E-state index in [2.05, 4.69) is 44.9 Å².